The molecule has 2 N–H and O–H groups in total. The molecule has 2 aromatic rings. The Labute approximate surface area is 128 Å². The van der Waals surface area contributed by atoms with Crippen LogP contribution in [0.15, 0.2) is 39.9 Å². The number of nitrogens with one attached hydrogen (secondary N) is 1. The Hall–Kier alpha value is -1.50. The van der Waals surface area contributed by atoms with Gasteiger partial charge in [0.05, 0.1) is 20.7 Å². The highest BCUT2D eigenvalue weighted by atomic mass is 35.5. The van der Waals surface area contributed by atoms with Gasteiger partial charge in [-0.15, -0.1) is 23.1 Å². The third-order valence-electron chi connectivity index (χ3n) is 2.34. The largest absolute Gasteiger partial charge is 0.478 e. The van der Waals surface area contributed by atoms with Crippen LogP contribution in [0.5, 0.6) is 0 Å². The minimum absolute atomic E-state index is 0.0939. The van der Waals surface area contributed by atoms with Crippen molar-refractivity contribution in [1.29, 1.82) is 0 Å². The first-order chi connectivity index (χ1) is 9.58. The number of carboxylic acids is 1. The van der Waals surface area contributed by atoms with E-state index in [1.807, 2.05) is 17.5 Å². The second-order valence-corrected chi connectivity index (χ2v) is 6.37. The number of hydrogen-bond acceptors (Lipinski definition) is 4. The van der Waals surface area contributed by atoms with Gasteiger partial charge in [0.2, 0.25) is 5.91 Å². The van der Waals surface area contributed by atoms with Crippen LogP contribution in [-0.2, 0) is 4.79 Å². The van der Waals surface area contributed by atoms with Gasteiger partial charge in [0.1, 0.15) is 5.56 Å². The lowest BCUT2D eigenvalue weighted by atomic mass is 10.2. The number of carbonyl (C=O) groups is 2. The van der Waals surface area contributed by atoms with Crippen molar-refractivity contribution in [2.24, 2.45) is 0 Å². The molecule has 0 aliphatic heterocycles. The zero-order valence-corrected chi connectivity index (χ0v) is 12.5. The molecular weight excluding hydrogens is 318 g/mol. The fraction of sp³-hybridized carbons (Fsp3) is 0.0769. The zero-order chi connectivity index (χ0) is 14.5. The van der Waals surface area contributed by atoms with Gasteiger partial charge in [-0.1, -0.05) is 23.7 Å². The maximum absolute atomic E-state index is 11.8. The smallest absolute Gasteiger partial charge is 0.339 e. The Morgan fingerprint density at radius 3 is 2.75 bits per heavy atom. The van der Waals surface area contributed by atoms with E-state index in [0.29, 0.717) is 0 Å². The van der Waals surface area contributed by atoms with Crippen molar-refractivity contribution >= 4 is 52.3 Å². The van der Waals surface area contributed by atoms with Crippen LogP contribution >= 0.6 is 34.7 Å². The van der Waals surface area contributed by atoms with Crippen molar-refractivity contribution in [3.63, 3.8) is 0 Å². The van der Waals surface area contributed by atoms with Gasteiger partial charge in [0, 0.05) is 0 Å². The molecule has 0 saturated carbocycles. The monoisotopic (exact) mass is 327 g/mol. The van der Waals surface area contributed by atoms with E-state index in [-0.39, 0.29) is 27.9 Å². The van der Waals surface area contributed by atoms with Crippen molar-refractivity contribution in [3.8, 4) is 0 Å². The highest BCUT2D eigenvalue weighted by molar-refractivity contribution is 8.01. The number of carboxylic acid groups (broad SMARTS) is 1. The summed E-state index contributed by atoms with van der Waals surface area (Å²) in [6.07, 6.45) is 0. The third kappa shape index (κ3) is 3.75. The second-order valence-electron chi connectivity index (χ2n) is 3.74. The molecule has 104 valence electrons. The molecule has 0 radical (unpaired) electrons. The first-order valence-electron chi connectivity index (χ1n) is 5.56. The number of anilines is 1. The second kappa shape index (κ2) is 6.78. The summed E-state index contributed by atoms with van der Waals surface area (Å²) in [7, 11) is 0. The Morgan fingerprint density at radius 2 is 2.10 bits per heavy atom. The van der Waals surface area contributed by atoms with Crippen molar-refractivity contribution in [2.45, 2.75) is 4.21 Å². The van der Waals surface area contributed by atoms with Gasteiger partial charge in [-0.25, -0.2) is 4.79 Å². The number of thioether (sulfide) groups is 1. The van der Waals surface area contributed by atoms with Crippen molar-refractivity contribution < 1.29 is 14.7 Å². The minimum Gasteiger partial charge on any atom is -0.478 e. The Balaban J connectivity index is 2.04. The summed E-state index contributed by atoms with van der Waals surface area (Å²) in [5, 5.41) is 13.7. The fourth-order valence-corrected chi connectivity index (χ4v) is 3.35. The number of carbonyl (C=O) groups excluding carboxylic acids is 1. The van der Waals surface area contributed by atoms with E-state index in [1.165, 1.54) is 23.9 Å². The van der Waals surface area contributed by atoms with E-state index >= 15 is 0 Å². The van der Waals surface area contributed by atoms with E-state index in [4.69, 9.17) is 16.7 Å². The molecule has 0 aliphatic carbocycles. The predicted octanol–water partition coefficient (Wildman–Crippen LogP) is 3.83. The number of rotatable bonds is 5. The highest BCUT2D eigenvalue weighted by Crippen LogP contribution is 2.26. The Kier molecular flexibility index (Phi) is 5.05. The van der Waals surface area contributed by atoms with Gasteiger partial charge in [-0.3, -0.25) is 4.79 Å². The summed E-state index contributed by atoms with van der Waals surface area (Å²) >= 11 is 8.78. The molecule has 4 nitrogen and oxygen atoms in total. The average Bonchev–Trinajstić information content (AvgIpc) is 2.89. The molecule has 0 fully saturated rings. The molecule has 20 heavy (non-hydrogen) atoms. The first-order valence-corrected chi connectivity index (χ1v) is 7.80. The Bertz CT molecular complexity index is 629. The van der Waals surface area contributed by atoms with E-state index in [2.05, 4.69) is 5.32 Å². The molecule has 7 heteroatoms. The molecule has 1 aromatic carbocycles. The lowest BCUT2D eigenvalue weighted by Gasteiger charge is -2.09. The van der Waals surface area contributed by atoms with E-state index < -0.39 is 5.97 Å². The summed E-state index contributed by atoms with van der Waals surface area (Å²) in [4.78, 5) is 23.0. The van der Waals surface area contributed by atoms with Gasteiger partial charge in [0.15, 0.2) is 0 Å². The van der Waals surface area contributed by atoms with Gasteiger partial charge in [-0.2, -0.15) is 0 Å². The Morgan fingerprint density at radius 1 is 1.30 bits per heavy atom. The van der Waals surface area contributed by atoms with Crippen LogP contribution < -0.4 is 5.32 Å². The van der Waals surface area contributed by atoms with E-state index in [0.717, 1.165) is 4.21 Å². The molecule has 2 rings (SSSR count). The molecule has 1 aromatic heterocycles. The quantitative estimate of drug-likeness (QED) is 0.819. The van der Waals surface area contributed by atoms with Gasteiger partial charge >= 0.3 is 5.97 Å². The molecule has 0 unspecified atom stereocenters. The number of aromatic carboxylic acids is 1. The average molecular weight is 328 g/mol. The highest BCUT2D eigenvalue weighted by Gasteiger charge is 2.16. The molecule has 1 amide bonds. The number of hydrogen-bond donors (Lipinski definition) is 2. The molecule has 1 heterocycles. The molecular formula is C13H10ClNO3S2. The topological polar surface area (TPSA) is 66.4 Å². The predicted molar refractivity (Wildman–Crippen MR) is 82.1 cm³/mol. The molecule has 0 atom stereocenters. The number of thiophene rings is 1. The molecule has 0 saturated heterocycles. The first kappa shape index (κ1) is 14.9. The van der Waals surface area contributed by atoms with E-state index in [9.17, 15) is 9.59 Å². The van der Waals surface area contributed by atoms with E-state index in [1.54, 1.807) is 17.4 Å². The van der Waals surface area contributed by atoms with Crippen molar-refractivity contribution in [2.75, 3.05) is 11.1 Å². The molecule has 0 spiro atoms. The standard InChI is InChI=1S/C13H10ClNO3S2/c14-8-3-1-4-9(12(8)13(17)18)15-10(16)7-20-11-5-2-6-19-11/h1-6H,7H2,(H,15,16)(H,17,18). The van der Waals surface area contributed by atoms with Crippen LogP contribution in [0.2, 0.25) is 5.02 Å². The zero-order valence-electron chi connectivity index (χ0n) is 10.1. The van der Waals surface area contributed by atoms with Gasteiger partial charge in [-0.05, 0) is 23.6 Å². The normalized spacial score (nSPS) is 10.2. The van der Waals surface area contributed by atoms with Gasteiger partial charge < -0.3 is 10.4 Å². The lowest BCUT2D eigenvalue weighted by molar-refractivity contribution is -0.113. The number of halogens is 1. The van der Waals surface area contributed by atoms with Crippen molar-refractivity contribution in [1.82, 2.24) is 0 Å². The number of benzene rings is 1. The summed E-state index contributed by atoms with van der Waals surface area (Å²) in [6.45, 7) is 0. The van der Waals surface area contributed by atoms with Crippen molar-refractivity contribution in [3.05, 3.63) is 46.3 Å². The van der Waals surface area contributed by atoms with Crippen LogP contribution in [0.25, 0.3) is 0 Å². The summed E-state index contributed by atoms with van der Waals surface area (Å²) in [5.41, 5.74) is 0.116. The van der Waals surface area contributed by atoms with Crippen LogP contribution in [0, 0.1) is 0 Å². The molecule has 0 bridgehead atoms. The lowest BCUT2D eigenvalue weighted by Crippen LogP contribution is -2.16. The number of amides is 1. The van der Waals surface area contributed by atoms with Crippen LogP contribution in [0.1, 0.15) is 10.4 Å². The maximum atomic E-state index is 11.8. The summed E-state index contributed by atoms with van der Waals surface area (Å²) < 4.78 is 1.03. The maximum Gasteiger partial charge on any atom is 0.339 e. The minimum atomic E-state index is -1.17. The molecule has 0 aliphatic rings. The van der Waals surface area contributed by atoms with Crippen LogP contribution in [-0.4, -0.2) is 22.7 Å². The third-order valence-corrected chi connectivity index (χ3v) is 4.79. The summed E-state index contributed by atoms with van der Waals surface area (Å²) in [5.74, 6) is -1.23. The SMILES string of the molecule is O=C(CSc1cccs1)Nc1cccc(Cl)c1C(=O)O. The fourth-order valence-electron chi connectivity index (χ4n) is 1.51. The van der Waals surface area contributed by atoms with Crippen LogP contribution in [0.4, 0.5) is 5.69 Å². The summed E-state index contributed by atoms with van der Waals surface area (Å²) in [6, 6.07) is 8.41. The van der Waals surface area contributed by atoms with Crippen LogP contribution in [0.3, 0.4) is 0 Å². The van der Waals surface area contributed by atoms with Gasteiger partial charge in [0.25, 0.3) is 0 Å².